The fourth-order valence-electron chi connectivity index (χ4n) is 7.77. The lowest BCUT2D eigenvalue weighted by molar-refractivity contribution is -0.131. The van der Waals surface area contributed by atoms with Gasteiger partial charge in [-0.05, 0) is 98.0 Å². The summed E-state index contributed by atoms with van der Waals surface area (Å²) in [5, 5.41) is 16.7. The molecule has 8 nitrogen and oxygen atoms in total. The molecule has 3 unspecified atom stereocenters. The number of carbonyl (C=O) groups excluding carboxylic acids is 2. The molecule has 236 valence electrons. The van der Waals surface area contributed by atoms with Crippen LogP contribution in [0.4, 0.5) is 15.8 Å². The van der Waals surface area contributed by atoms with Crippen molar-refractivity contribution in [3.8, 4) is 22.3 Å². The summed E-state index contributed by atoms with van der Waals surface area (Å²) >= 11 is 0. The Kier molecular flexibility index (Phi) is 6.97. The van der Waals surface area contributed by atoms with Crippen LogP contribution in [0.1, 0.15) is 54.1 Å². The number of hydrogen-bond acceptors (Lipinski definition) is 5. The maximum atomic E-state index is 14.9. The summed E-state index contributed by atoms with van der Waals surface area (Å²) in [5.41, 5.74) is 8.28. The van der Waals surface area contributed by atoms with Crippen LogP contribution in [0.5, 0.6) is 0 Å². The van der Waals surface area contributed by atoms with Crippen molar-refractivity contribution in [3.05, 3.63) is 89.2 Å². The summed E-state index contributed by atoms with van der Waals surface area (Å²) in [6, 6.07) is 22.9. The molecule has 0 spiro atoms. The van der Waals surface area contributed by atoms with Crippen LogP contribution in [0.15, 0.2) is 66.7 Å². The molecular weight excluding hydrogens is 579 g/mol. The zero-order chi connectivity index (χ0) is 31.6. The standard InChI is InChI=1S/C37H39FN6O2/c1-21-33(22(2)43-42-21)24-8-11-27(12-9-24)40-35(45)34(41-36(46)37(38)14-15-37)31-13-10-23-6-7-26(17-32(23)31)25-4-3-5-29(16-25)44-20-28-18-30(44)19-39-28/h3-9,11-12,16-17,28,30-31,34,39H,10,13-15,18-20H2,1-2H3,(H,40,45)(H,41,46)(H,42,43)/t28?,30?,31-,34?/m1/s1. The number of amides is 2. The number of carbonyl (C=O) groups is 2. The summed E-state index contributed by atoms with van der Waals surface area (Å²) in [6.07, 6.45) is 3.06. The van der Waals surface area contributed by atoms with Crippen molar-refractivity contribution in [2.24, 2.45) is 0 Å². The number of aromatic amines is 1. The highest BCUT2D eigenvalue weighted by Crippen LogP contribution is 2.42. The van der Waals surface area contributed by atoms with Crippen LogP contribution in [0.3, 0.4) is 0 Å². The number of anilines is 2. The molecule has 3 aromatic carbocycles. The summed E-state index contributed by atoms with van der Waals surface area (Å²) in [6.45, 7) is 5.98. The monoisotopic (exact) mass is 618 g/mol. The van der Waals surface area contributed by atoms with Gasteiger partial charge < -0.3 is 20.9 Å². The van der Waals surface area contributed by atoms with E-state index >= 15 is 0 Å². The van der Waals surface area contributed by atoms with Crippen molar-refractivity contribution in [1.29, 1.82) is 0 Å². The van der Waals surface area contributed by atoms with Gasteiger partial charge in [-0.1, -0.05) is 42.5 Å². The van der Waals surface area contributed by atoms with E-state index in [1.807, 2.05) is 38.1 Å². The van der Waals surface area contributed by atoms with Crippen LogP contribution in [0.25, 0.3) is 22.3 Å². The summed E-state index contributed by atoms with van der Waals surface area (Å²) in [7, 11) is 0. The SMILES string of the molecule is Cc1n[nH]c(C)c1-c1ccc(NC(=O)C(NC(=O)C2(F)CC2)[C@@H]2CCc3ccc(-c4cccc(N5CC6CC5CN6)c4)cc32)cc1. The smallest absolute Gasteiger partial charge is 0.258 e. The second-order valence-corrected chi connectivity index (χ2v) is 13.5. The molecule has 0 radical (unpaired) electrons. The number of fused-ring (bicyclic) bond motifs is 3. The first-order chi connectivity index (χ1) is 22.3. The molecule has 2 saturated heterocycles. The fourth-order valence-corrected chi connectivity index (χ4v) is 7.77. The minimum Gasteiger partial charge on any atom is -0.366 e. The number of H-pyrrole nitrogens is 1. The minimum atomic E-state index is -1.88. The zero-order valence-electron chi connectivity index (χ0n) is 26.2. The van der Waals surface area contributed by atoms with Crippen LogP contribution in [-0.4, -0.2) is 58.9 Å². The van der Waals surface area contributed by atoms with Crippen LogP contribution < -0.4 is 20.9 Å². The maximum absolute atomic E-state index is 14.9. The van der Waals surface area contributed by atoms with E-state index in [4.69, 9.17) is 0 Å². The summed E-state index contributed by atoms with van der Waals surface area (Å²) in [5.74, 6) is -1.31. The largest absolute Gasteiger partial charge is 0.366 e. The molecule has 2 amide bonds. The van der Waals surface area contributed by atoms with E-state index in [1.54, 1.807) is 0 Å². The third-order valence-electron chi connectivity index (χ3n) is 10.5. The van der Waals surface area contributed by atoms with Gasteiger partial charge in [0.15, 0.2) is 5.67 Å². The molecule has 8 rings (SSSR count). The first-order valence-electron chi connectivity index (χ1n) is 16.4. The zero-order valence-corrected chi connectivity index (χ0v) is 26.2. The number of alkyl halides is 1. The predicted molar refractivity (Wildman–Crippen MR) is 178 cm³/mol. The molecule has 4 aliphatic rings. The molecule has 2 aliphatic carbocycles. The Morgan fingerprint density at radius 1 is 1.02 bits per heavy atom. The molecule has 1 saturated carbocycles. The lowest BCUT2D eigenvalue weighted by atomic mass is 9.89. The van der Waals surface area contributed by atoms with Gasteiger partial charge in [-0.3, -0.25) is 14.7 Å². The number of halogens is 1. The van der Waals surface area contributed by atoms with Crippen molar-refractivity contribution in [2.75, 3.05) is 23.3 Å². The molecular formula is C37H39FN6O2. The first-order valence-corrected chi connectivity index (χ1v) is 16.4. The number of aromatic nitrogens is 2. The molecule has 3 fully saturated rings. The topological polar surface area (TPSA) is 102 Å². The number of rotatable bonds is 8. The second-order valence-electron chi connectivity index (χ2n) is 13.5. The third-order valence-corrected chi connectivity index (χ3v) is 10.5. The van der Waals surface area contributed by atoms with Crippen LogP contribution in [0, 0.1) is 13.8 Å². The van der Waals surface area contributed by atoms with E-state index in [1.165, 1.54) is 12.1 Å². The Hall–Kier alpha value is -4.50. The summed E-state index contributed by atoms with van der Waals surface area (Å²) < 4.78 is 14.9. The Morgan fingerprint density at radius 3 is 2.50 bits per heavy atom. The van der Waals surface area contributed by atoms with Crippen LogP contribution in [0.2, 0.25) is 0 Å². The minimum absolute atomic E-state index is 0.192. The van der Waals surface area contributed by atoms with E-state index < -0.39 is 17.6 Å². The van der Waals surface area contributed by atoms with Crippen molar-refractivity contribution < 1.29 is 14.0 Å². The molecule has 2 aliphatic heterocycles. The van der Waals surface area contributed by atoms with Crippen LogP contribution >= 0.6 is 0 Å². The Labute approximate surface area is 268 Å². The lowest BCUT2D eigenvalue weighted by Crippen LogP contribution is -2.50. The fraction of sp³-hybridized carbons (Fsp3) is 0.378. The highest BCUT2D eigenvalue weighted by molar-refractivity contribution is 6.00. The molecule has 4 atom stereocenters. The van der Waals surface area contributed by atoms with Gasteiger partial charge in [0.25, 0.3) is 5.91 Å². The van der Waals surface area contributed by atoms with E-state index in [-0.39, 0.29) is 24.7 Å². The molecule has 2 bridgehead atoms. The number of hydrogen-bond donors (Lipinski definition) is 4. The summed E-state index contributed by atoms with van der Waals surface area (Å²) in [4.78, 5) is 29.5. The number of benzene rings is 3. The van der Waals surface area contributed by atoms with Gasteiger partial charge in [-0.15, -0.1) is 0 Å². The van der Waals surface area contributed by atoms with Gasteiger partial charge in [-0.2, -0.15) is 5.10 Å². The van der Waals surface area contributed by atoms with E-state index in [0.717, 1.165) is 64.3 Å². The van der Waals surface area contributed by atoms with E-state index in [2.05, 4.69) is 73.5 Å². The highest BCUT2D eigenvalue weighted by atomic mass is 19.1. The lowest BCUT2D eigenvalue weighted by Gasteiger charge is -2.30. The Balaban J connectivity index is 1.06. The average molecular weight is 619 g/mol. The Bertz CT molecular complexity index is 1810. The molecule has 1 aromatic heterocycles. The normalized spacial score (nSPS) is 22.8. The van der Waals surface area contributed by atoms with Crippen molar-refractivity contribution in [2.45, 2.75) is 75.7 Å². The quantitative estimate of drug-likeness (QED) is 0.207. The van der Waals surface area contributed by atoms with Gasteiger partial charge in [0.05, 0.1) is 5.69 Å². The average Bonchev–Trinajstić information content (AvgIpc) is 3.47. The van der Waals surface area contributed by atoms with E-state index in [9.17, 15) is 14.0 Å². The van der Waals surface area contributed by atoms with Gasteiger partial charge in [-0.25, -0.2) is 4.39 Å². The van der Waals surface area contributed by atoms with E-state index in [0.29, 0.717) is 24.2 Å². The number of piperazine rings is 1. The van der Waals surface area contributed by atoms with Crippen molar-refractivity contribution >= 4 is 23.2 Å². The van der Waals surface area contributed by atoms with Gasteiger partial charge in [0.2, 0.25) is 5.91 Å². The van der Waals surface area contributed by atoms with Gasteiger partial charge in [0.1, 0.15) is 6.04 Å². The predicted octanol–water partition coefficient (Wildman–Crippen LogP) is 5.57. The third kappa shape index (κ3) is 5.16. The molecule has 46 heavy (non-hydrogen) atoms. The number of nitrogens with one attached hydrogen (secondary N) is 4. The molecule has 9 heteroatoms. The Morgan fingerprint density at radius 2 is 1.80 bits per heavy atom. The first kappa shape index (κ1) is 28.9. The van der Waals surface area contributed by atoms with Gasteiger partial charge in [0, 0.05) is 53.7 Å². The van der Waals surface area contributed by atoms with Gasteiger partial charge >= 0.3 is 0 Å². The second kappa shape index (κ2) is 11.1. The van der Waals surface area contributed by atoms with Crippen LogP contribution in [-0.2, 0) is 16.0 Å². The molecule has 4 aromatic rings. The van der Waals surface area contributed by atoms with Crippen molar-refractivity contribution in [3.63, 3.8) is 0 Å². The molecule has 3 heterocycles. The number of nitrogens with zero attached hydrogens (tertiary/aromatic N) is 2. The number of aryl methyl sites for hydroxylation is 3. The van der Waals surface area contributed by atoms with Crippen molar-refractivity contribution in [1.82, 2.24) is 20.8 Å². The maximum Gasteiger partial charge on any atom is 0.258 e. The molecule has 4 N–H and O–H groups in total. The highest BCUT2D eigenvalue weighted by Gasteiger charge is 2.52.